The third kappa shape index (κ3) is 5.50. The molecule has 1 aliphatic heterocycles. The smallest absolute Gasteiger partial charge is 0.335 e. The highest BCUT2D eigenvalue weighted by molar-refractivity contribution is 14.1. The van der Waals surface area contributed by atoms with Crippen molar-refractivity contribution in [1.82, 2.24) is 5.32 Å². The number of carbonyl (C=O) groups excluding carboxylic acids is 3. The van der Waals surface area contributed by atoms with Gasteiger partial charge in [0.2, 0.25) is 0 Å². The molecule has 0 saturated carbocycles. The van der Waals surface area contributed by atoms with E-state index in [1.165, 1.54) is 13.2 Å². The Morgan fingerprint density at radius 3 is 2.50 bits per heavy atom. The number of methoxy groups -OCH3 is 1. The predicted octanol–water partition coefficient (Wildman–Crippen LogP) is 6.16. The normalized spacial score (nSPS) is 14.8. The van der Waals surface area contributed by atoms with Crippen molar-refractivity contribution < 1.29 is 23.9 Å². The van der Waals surface area contributed by atoms with E-state index >= 15 is 0 Å². The molecule has 0 aliphatic carbocycles. The van der Waals surface area contributed by atoms with Gasteiger partial charge in [0, 0.05) is 0 Å². The highest BCUT2D eigenvalue weighted by Gasteiger charge is 2.36. The molecule has 184 valence electrons. The molecule has 0 spiro atoms. The molecule has 1 saturated heterocycles. The van der Waals surface area contributed by atoms with Gasteiger partial charge in [-0.2, -0.15) is 0 Å². The zero-order valence-corrected chi connectivity index (χ0v) is 22.8. The summed E-state index contributed by atoms with van der Waals surface area (Å²) in [6.07, 6.45) is 1.42. The molecule has 4 amide bonds. The first-order valence-corrected chi connectivity index (χ1v) is 12.4. The minimum atomic E-state index is -0.800. The lowest BCUT2D eigenvalue weighted by Crippen LogP contribution is -2.54. The van der Waals surface area contributed by atoms with Crippen LogP contribution in [-0.2, 0) is 16.2 Å². The Morgan fingerprint density at radius 2 is 1.81 bits per heavy atom. The van der Waals surface area contributed by atoms with E-state index in [1.54, 1.807) is 48.5 Å². The van der Waals surface area contributed by atoms with Gasteiger partial charge in [-0.25, -0.2) is 9.69 Å². The van der Waals surface area contributed by atoms with Crippen molar-refractivity contribution >= 4 is 75.4 Å². The number of aryl methyl sites for hydroxylation is 1. The summed E-state index contributed by atoms with van der Waals surface area (Å²) in [5.41, 5.74) is 2.40. The second-order valence-electron chi connectivity index (χ2n) is 7.87. The number of urea groups is 1. The largest absolute Gasteiger partial charge is 0.493 e. The Labute approximate surface area is 231 Å². The molecule has 36 heavy (non-hydrogen) atoms. The van der Waals surface area contributed by atoms with E-state index in [9.17, 15) is 14.4 Å². The van der Waals surface area contributed by atoms with Crippen molar-refractivity contribution in [3.05, 3.63) is 90.5 Å². The summed E-state index contributed by atoms with van der Waals surface area (Å²) in [6, 6.07) is 14.7. The molecule has 4 rings (SSSR count). The van der Waals surface area contributed by atoms with Crippen LogP contribution in [0.1, 0.15) is 16.7 Å². The summed E-state index contributed by atoms with van der Waals surface area (Å²) in [5, 5.41) is 3.11. The van der Waals surface area contributed by atoms with Gasteiger partial charge in [-0.15, -0.1) is 0 Å². The molecular formula is C26H19Cl2IN2O5. The molecular weight excluding hydrogens is 618 g/mol. The number of carbonyl (C=O) groups is 3. The van der Waals surface area contributed by atoms with Gasteiger partial charge in [0.1, 0.15) is 12.2 Å². The van der Waals surface area contributed by atoms with Gasteiger partial charge in [0.05, 0.1) is 26.4 Å². The lowest BCUT2D eigenvalue weighted by Gasteiger charge is -2.26. The van der Waals surface area contributed by atoms with Crippen molar-refractivity contribution in [1.29, 1.82) is 0 Å². The van der Waals surface area contributed by atoms with Gasteiger partial charge < -0.3 is 9.47 Å². The van der Waals surface area contributed by atoms with Crippen LogP contribution in [0.5, 0.6) is 11.5 Å². The summed E-state index contributed by atoms with van der Waals surface area (Å²) in [6.45, 7) is 2.06. The lowest BCUT2D eigenvalue weighted by molar-refractivity contribution is -0.122. The number of hydrogen-bond donors (Lipinski definition) is 1. The fourth-order valence-electron chi connectivity index (χ4n) is 3.57. The second-order valence-corrected chi connectivity index (χ2v) is 9.84. The Balaban J connectivity index is 1.64. The van der Waals surface area contributed by atoms with Gasteiger partial charge in [-0.1, -0.05) is 41.4 Å². The summed E-state index contributed by atoms with van der Waals surface area (Å²) in [5.74, 6) is -0.600. The van der Waals surface area contributed by atoms with Crippen LogP contribution < -0.4 is 19.7 Å². The molecule has 1 N–H and O–H groups in total. The van der Waals surface area contributed by atoms with Gasteiger partial charge in [-0.3, -0.25) is 14.9 Å². The third-order valence-corrected chi connectivity index (χ3v) is 6.83. The summed E-state index contributed by atoms with van der Waals surface area (Å²) in [4.78, 5) is 39.1. The molecule has 7 nitrogen and oxygen atoms in total. The fraction of sp³-hybridized carbons (Fsp3) is 0.115. The summed E-state index contributed by atoms with van der Waals surface area (Å²) in [7, 11) is 1.49. The molecule has 10 heteroatoms. The number of benzene rings is 3. The monoisotopic (exact) mass is 636 g/mol. The average Bonchev–Trinajstić information content (AvgIpc) is 2.83. The van der Waals surface area contributed by atoms with E-state index in [4.69, 9.17) is 32.7 Å². The lowest BCUT2D eigenvalue weighted by atomic mass is 10.1. The summed E-state index contributed by atoms with van der Waals surface area (Å²) < 4.78 is 12.2. The molecule has 0 atom stereocenters. The van der Waals surface area contributed by atoms with Crippen LogP contribution in [-0.4, -0.2) is 25.0 Å². The van der Waals surface area contributed by atoms with E-state index in [0.717, 1.165) is 16.0 Å². The minimum Gasteiger partial charge on any atom is -0.493 e. The molecule has 0 radical (unpaired) electrons. The number of hydrogen-bond acceptors (Lipinski definition) is 5. The van der Waals surface area contributed by atoms with Crippen LogP contribution in [0.2, 0.25) is 10.0 Å². The molecule has 1 fully saturated rings. The minimum absolute atomic E-state index is 0.182. The number of imide groups is 2. The van der Waals surface area contributed by atoms with Gasteiger partial charge >= 0.3 is 6.03 Å². The fourth-order valence-corrected chi connectivity index (χ4v) is 4.68. The number of amides is 4. The van der Waals surface area contributed by atoms with Crippen LogP contribution in [0.3, 0.4) is 0 Å². The van der Waals surface area contributed by atoms with Crippen molar-refractivity contribution in [3.63, 3.8) is 0 Å². The number of ether oxygens (including phenoxy) is 2. The van der Waals surface area contributed by atoms with Gasteiger partial charge in [0.15, 0.2) is 11.5 Å². The number of barbiturate groups is 1. The second kappa shape index (κ2) is 10.9. The van der Waals surface area contributed by atoms with E-state index in [0.29, 0.717) is 36.4 Å². The van der Waals surface area contributed by atoms with Gasteiger partial charge in [0.25, 0.3) is 11.8 Å². The number of nitrogens with zero attached hydrogens (tertiary/aromatic N) is 1. The summed E-state index contributed by atoms with van der Waals surface area (Å²) >= 11 is 14.1. The first-order chi connectivity index (χ1) is 17.2. The Hall–Kier alpha value is -3.08. The maximum absolute atomic E-state index is 13.2. The first-order valence-electron chi connectivity index (χ1n) is 10.6. The molecule has 1 heterocycles. The van der Waals surface area contributed by atoms with Crippen molar-refractivity contribution in [2.45, 2.75) is 13.5 Å². The van der Waals surface area contributed by atoms with E-state index in [-0.39, 0.29) is 12.2 Å². The van der Waals surface area contributed by atoms with Gasteiger partial charge in [-0.05, 0) is 88.7 Å². The van der Waals surface area contributed by atoms with E-state index < -0.39 is 17.8 Å². The molecule has 0 bridgehead atoms. The first kappa shape index (κ1) is 26.0. The molecule has 0 aromatic heterocycles. The van der Waals surface area contributed by atoms with E-state index in [2.05, 4.69) is 27.9 Å². The number of halogens is 3. The SMILES string of the molecule is COc1cc(/C=C2\C(=O)NC(=O)N(c3cccc(C)c3)C2=O)cc(I)c1OCc1ccc(Cl)c(Cl)c1. The van der Waals surface area contributed by atoms with Crippen LogP contribution in [0.15, 0.2) is 60.2 Å². The zero-order chi connectivity index (χ0) is 26.0. The molecule has 3 aromatic rings. The number of nitrogens with one attached hydrogen (secondary N) is 1. The number of rotatable bonds is 6. The Morgan fingerprint density at radius 1 is 1.03 bits per heavy atom. The Bertz CT molecular complexity index is 1420. The topological polar surface area (TPSA) is 84.9 Å². The molecule has 0 unspecified atom stereocenters. The zero-order valence-electron chi connectivity index (χ0n) is 19.1. The highest BCUT2D eigenvalue weighted by atomic mass is 127. The molecule has 1 aliphatic rings. The van der Waals surface area contributed by atoms with Crippen molar-refractivity contribution in [2.24, 2.45) is 0 Å². The number of anilines is 1. The van der Waals surface area contributed by atoms with Crippen molar-refractivity contribution in [2.75, 3.05) is 12.0 Å². The Kier molecular flexibility index (Phi) is 7.87. The maximum atomic E-state index is 13.2. The average molecular weight is 637 g/mol. The maximum Gasteiger partial charge on any atom is 0.335 e. The van der Waals surface area contributed by atoms with Crippen LogP contribution in [0.4, 0.5) is 10.5 Å². The van der Waals surface area contributed by atoms with Crippen molar-refractivity contribution in [3.8, 4) is 11.5 Å². The van der Waals surface area contributed by atoms with Crippen LogP contribution >= 0.6 is 45.8 Å². The predicted molar refractivity (Wildman–Crippen MR) is 147 cm³/mol. The highest BCUT2D eigenvalue weighted by Crippen LogP contribution is 2.36. The van der Waals surface area contributed by atoms with E-state index in [1.807, 2.05) is 13.0 Å². The quantitative estimate of drug-likeness (QED) is 0.199. The van der Waals surface area contributed by atoms with Crippen LogP contribution in [0.25, 0.3) is 6.08 Å². The molecule has 3 aromatic carbocycles. The third-order valence-electron chi connectivity index (χ3n) is 5.29. The van der Waals surface area contributed by atoms with Crippen LogP contribution in [0, 0.1) is 10.5 Å². The standard InChI is InChI=1S/C26H19Cl2IN2O5/c1-14-4-3-5-17(8-14)31-25(33)18(24(32)30-26(31)34)9-16-11-21(29)23(22(12-16)35-2)36-13-15-6-7-19(27)20(28)10-15/h3-12H,13H2,1-2H3,(H,30,32,34)/b18-9+.